The Hall–Kier alpha value is 0.670. The monoisotopic (exact) mass is 424 g/mol. The first kappa shape index (κ1) is 29.9. The van der Waals surface area contributed by atoms with Crippen molar-refractivity contribution in [3.8, 4) is 0 Å². The molecule has 27 heavy (non-hydrogen) atoms. The van der Waals surface area contributed by atoms with Crippen LogP contribution in [0.1, 0.15) is 39.5 Å². The molecule has 0 bridgehead atoms. The van der Waals surface area contributed by atoms with Gasteiger partial charge in [-0.2, -0.15) is 0 Å². The fourth-order valence-corrected chi connectivity index (χ4v) is 2.63. The topological polar surface area (TPSA) is 135 Å². The zero-order chi connectivity index (χ0) is 19.8. The third kappa shape index (κ3) is 21.2. The molecule has 0 spiro atoms. The number of hydrogen-bond acceptors (Lipinski definition) is 9. The largest absolute Gasteiger partial charge is 1.00 e. The molecule has 0 aliphatic carbocycles. The maximum Gasteiger partial charge on any atom is 1.00 e. The molecule has 0 rings (SSSR count). The summed E-state index contributed by atoms with van der Waals surface area (Å²) in [4.78, 5) is 0. The van der Waals surface area contributed by atoms with E-state index in [-0.39, 0.29) is 55.8 Å². The van der Waals surface area contributed by atoms with E-state index in [0.717, 1.165) is 0 Å². The summed E-state index contributed by atoms with van der Waals surface area (Å²) in [6.45, 7) is 5.38. The average Bonchev–Trinajstić information content (AvgIpc) is 2.52. The van der Waals surface area contributed by atoms with Gasteiger partial charge >= 0.3 is 29.6 Å². The quantitative estimate of drug-likeness (QED) is 0.136. The van der Waals surface area contributed by atoms with Crippen LogP contribution in [-0.4, -0.2) is 87.1 Å². The Morgan fingerprint density at radius 3 is 1.74 bits per heavy atom. The summed E-state index contributed by atoms with van der Waals surface area (Å²) < 4.78 is 54.4. The first-order chi connectivity index (χ1) is 12.2. The van der Waals surface area contributed by atoms with E-state index in [0.29, 0.717) is 45.7 Å². The second-order valence-corrected chi connectivity index (χ2v) is 7.61. The standard InChI is InChI=1S/C16H34O9S.Na/c1-14(17)12-23-9-4-8-22-7-3-6-16(26(19,20)21)25-11-5-10-24-13-15(2)18;/h14-18H,3-13H2,1-2H3,(H,19,20,21);/q;+1/p-1. The minimum absolute atomic E-state index is 0. The van der Waals surface area contributed by atoms with E-state index in [9.17, 15) is 13.0 Å². The van der Waals surface area contributed by atoms with E-state index in [1.54, 1.807) is 13.8 Å². The van der Waals surface area contributed by atoms with Crippen LogP contribution in [0.25, 0.3) is 0 Å². The van der Waals surface area contributed by atoms with Crippen LogP contribution >= 0.6 is 0 Å². The van der Waals surface area contributed by atoms with E-state index < -0.39 is 27.8 Å². The second-order valence-electron chi connectivity index (χ2n) is 6.10. The van der Waals surface area contributed by atoms with Gasteiger partial charge in [0.1, 0.15) is 15.6 Å². The predicted molar refractivity (Wildman–Crippen MR) is 93.7 cm³/mol. The maximum atomic E-state index is 11.2. The van der Waals surface area contributed by atoms with Gasteiger partial charge in [0.25, 0.3) is 0 Å². The SMILES string of the molecule is CC(O)COCCCOCCCC(OCCCOCC(C)O)S(=O)(=O)[O-].[Na+]. The average molecular weight is 424 g/mol. The number of aliphatic hydroxyl groups is 2. The molecular weight excluding hydrogens is 391 g/mol. The second kappa shape index (κ2) is 18.7. The minimum atomic E-state index is -4.54. The summed E-state index contributed by atoms with van der Waals surface area (Å²) in [5, 5.41) is 18.0. The summed E-state index contributed by atoms with van der Waals surface area (Å²) in [7, 11) is -4.54. The van der Waals surface area contributed by atoms with Gasteiger partial charge in [-0.25, -0.2) is 8.42 Å². The smallest absolute Gasteiger partial charge is 0.746 e. The molecule has 0 radical (unpaired) electrons. The molecular formula is C16H33NaO9S. The molecule has 158 valence electrons. The van der Waals surface area contributed by atoms with Crippen LogP contribution in [0.3, 0.4) is 0 Å². The van der Waals surface area contributed by atoms with Crippen LogP contribution in [0.5, 0.6) is 0 Å². The number of ether oxygens (including phenoxy) is 4. The van der Waals surface area contributed by atoms with Gasteiger partial charge in [0, 0.05) is 26.4 Å². The van der Waals surface area contributed by atoms with E-state index in [1.165, 1.54) is 0 Å². The van der Waals surface area contributed by atoms with Crippen LogP contribution in [0.15, 0.2) is 0 Å². The van der Waals surface area contributed by atoms with E-state index in [2.05, 4.69) is 0 Å². The van der Waals surface area contributed by atoms with Gasteiger partial charge in [0.15, 0.2) is 0 Å². The molecule has 0 fully saturated rings. The molecule has 9 nitrogen and oxygen atoms in total. The van der Waals surface area contributed by atoms with Gasteiger partial charge in [0.05, 0.1) is 32.0 Å². The Balaban J connectivity index is 0. The molecule has 0 heterocycles. The van der Waals surface area contributed by atoms with Crippen molar-refractivity contribution in [1.29, 1.82) is 0 Å². The molecule has 2 N–H and O–H groups in total. The molecule has 0 amide bonds. The minimum Gasteiger partial charge on any atom is -0.746 e. The normalized spacial score (nSPS) is 15.1. The van der Waals surface area contributed by atoms with Crippen LogP contribution in [0.4, 0.5) is 0 Å². The number of hydrogen-bond donors (Lipinski definition) is 2. The van der Waals surface area contributed by atoms with Gasteiger partial charge in [-0.15, -0.1) is 0 Å². The summed E-state index contributed by atoms with van der Waals surface area (Å²) in [5.74, 6) is 0. The van der Waals surface area contributed by atoms with Crippen LogP contribution in [0.2, 0.25) is 0 Å². The van der Waals surface area contributed by atoms with Crippen LogP contribution in [0, 0.1) is 0 Å². The first-order valence-electron chi connectivity index (χ1n) is 8.89. The van der Waals surface area contributed by atoms with Crippen LogP contribution in [-0.2, 0) is 29.1 Å². The van der Waals surface area contributed by atoms with Crippen molar-refractivity contribution in [2.75, 3.05) is 46.2 Å². The van der Waals surface area contributed by atoms with Crippen molar-refractivity contribution in [3.05, 3.63) is 0 Å². The summed E-state index contributed by atoms with van der Waals surface area (Å²) in [5.41, 5.74) is -1.39. The van der Waals surface area contributed by atoms with Crippen LogP contribution < -0.4 is 29.6 Å². The molecule has 11 heteroatoms. The van der Waals surface area contributed by atoms with Gasteiger partial charge in [-0.05, 0) is 39.5 Å². The third-order valence-corrected chi connectivity index (χ3v) is 4.10. The molecule has 0 aromatic carbocycles. The van der Waals surface area contributed by atoms with Gasteiger partial charge in [0.2, 0.25) is 0 Å². The molecule has 0 aromatic heterocycles. The van der Waals surface area contributed by atoms with Crippen molar-refractivity contribution in [2.24, 2.45) is 0 Å². The molecule has 3 atom stereocenters. The van der Waals surface area contributed by atoms with Crippen molar-refractivity contribution in [1.82, 2.24) is 0 Å². The third-order valence-electron chi connectivity index (χ3n) is 3.08. The Bertz CT molecular complexity index is 418. The van der Waals surface area contributed by atoms with Crippen molar-refractivity contribution in [2.45, 2.75) is 57.2 Å². The van der Waals surface area contributed by atoms with E-state index in [4.69, 9.17) is 29.2 Å². The molecule has 0 aliphatic rings. The molecule has 0 aromatic rings. The number of rotatable bonds is 18. The van der Waals surface area contributed by atoms with Gasteiger partial charge < -0.3 is 33.7 Å². The Labute approximate surface area is 184 Å². The van der Waals surface area contributed by atoms with Crippen molar-refractivity contribution in [3.63, 3.8) is 0 Å². The van der Waals surface area contributed by atoms with Crippen molar-refractivity contribution >= 4 is 10.1 Å². The maximum absolute atomic E-state index is 11.2. The molecule has 0 aliphatic heterocycles. The van der Waals surface area contributed by atoms with Crippen molar-refractivity contribution < 1.29 is 71.7 Å². The summed E-state index contributed by atoms with van der Waals surface area (Å²) in [6, 6.07) is 0. The van der Waals surface area contributed by atoms with Gasteiger partial charge in [-0.3, -0.25) is 0 Å². The first-order valence-corrected chi connectivity index (χ1v) is 10.4. The van der Waals surface area contributed by atoms with Gasteiger partial charge in [-0.1, -0.05) is 0 Å². The van der Waals surface area contributed by atoms with E-state index in [1.807, 2.05) is 0 Å². The Kier molecular flexibility index (Phi) is 20.7. The number of aliphatic hydroxyl groups excluding tert-OH is 2. The summed E-state index contributed by atoms with van der Waals surface area (Å²) in [6.07, 6.45) is 0.501. The Morgan fingerprint density at radius 1 is 0.815 bits per heavy atom. The fraction of sp³-hybridized carbons (Fsp3) is 1.00. The molecule has 3 unspecified atom stereocenters. The van der Waals surface area contributed by atoms with E-state index >= 15 is 0 Å². The Morgan fingerprint density at radius 2 is 1.26 bits per heavy atom. The molecule has 0 saturated carbocycles. The zero-order valence-corrected chi connectivity index (χ0v) is 19.5. The summed E-state index contributed by atoms with van der Waals surface area (Å²) >= 11 is 0. The zero-order valence-electron chi connectivity index (χ0n) is 16.7. The fourth-order valence-electron chi connectivity index (χ4n) is 1.91. The predicted octanol–water partition coefficient (Wildman–Crippen LogP) is -2.75. The molecule has 0 saturated heterocycles.